The third-order valence-corrected chi connectivity index (χ3v) is 7.27. The van der Waals surface area contributed by atoms with E-state index in [1.165, 1.54) is 42.7 Å². The monoisotopic (exact) mass is 632 g/mol. The number of aromatic amines is 1. The van der Waals surface area contributed by atoms with Gasteiger partial charge >= 0.3 is 18.9 Å². The molecule has 0 atom stereocenters. The Hall–Kier alpha value is -2.99. The van der Waals surface area contributed by atoms with Crippen LogP contribution in [-0.4, -0.2) is 58.7 Å². The van der Waals surface area contributed by atoms with E-state index in [4.69, 9.17) is 11.6 Å². The zero-order valence-electron chi connectivity index (χ0n) is 26.3. The fourth-order valence-corrected chi connectivity index (χ4v) is 4.74. The number of amides is 2. The third kappa shape index (κ3) is 14.3. The van der Waals surface area contributed by atoms with E-state index < -0.39 is 11.7 Å². The average molecular weight is 633 g/mol. The molecule has 0 fully saturated rings. The van der Waals surface area contributed by atoms with Gasteiger partial charge in [0, 0.05) is 30.7 Å². The number of nitrogens with one attached hydrogen (secondary N) is 2. The minimum absolute atomic E-state index is 0. The summed E-state index contributed by atoms with van der Waals surface area (Å²) in [5.41, 5.74) is 1.08. The van der Waals surface area contributed by atoms with Gasteiger partial charge in [-0.25, -0.2) is 9.49 Å². The molecule has 3 rings (SSSR count). The second kappa shape index (κ2) is 23.4. The molecule has 11 heteroatoms. The second-order valence-corrected chi connectivity index (χ2v) is 10.7. The van der Waals surface area contributed by atoms with E-state index >= 15 is 0 Å². The van der Waals surface area contributed by atoms with E-state index in [-0.39, 0.29) is 49.0 Å². The van der Waals surface area contributed by atoms with Gasteiger partial charge in [0.15, 0.2) is 0 Å². The summed E-state index contributed by atoms with van der Waals surface area (Å²) >= 11 is 5.47. The molecule has 2 amide bonds. The first-order valence-electron chi connectivity index (χ1n) is 15.2. The summed E-state index contributed by atoms with van der Waals surface area (Å²) < 4.78 is 14.1. The fourth-order valence-electron chi connectivity index (χ4n) is 4.65. The van der Waals surface area contributed by atoms with Gasteiger partial charge in [0.1, 0.15) is 5.82 Å². The predicted octanol–water partition coefficient (Wildman–Crippen LogP) is 3.12. The summed E-state index contributed by atoms with van der Waals surface area (Å²) in [6.07, 6.45) is 12.5. The van der Waals surface area contributed by atoms with Gasteiger partial charge in [-0.05, 0) is 30.2 Å². The van der Waals surface area contributed by atoms with Gasteiger partial charge < -0.3 is 28.9 Å². The number of H-pyrrole nitrogens is 1. The minimum Gasteiger partial charge on any atom is -0.542 e. The molecule has 0 saturated carbocycles. The number of aromatic nitrogens is 2. The number of halogens is 2. The number of hydrogen-bond acceptors (Lipinski definition) is 5. The van der Waals surface area contributed by atoms with Crippen molar-refractivity contribution in [1.82, 2.24) is 20.4 Å². The molecule has 0 saturated heterocycles. The molecule has 0 radical (unpaired) electrons. The predicted molar refractivity (Wildman–Crippen MR) is 174 cm³/mol. The molecule has 2 aromatic carbocycles. The SMILES string of the molecule is O=[C-]CCCCCCCCCCC(=O)NCCCl.[CH2-]CN(C[CH2-])C(=O)c1cc(Cc2n[nH]c(=O)c3ccccc23)ccc1F.[Li+]. The first-order chi connectivity index (χ1) is 21.4. The van der Waals surface area contributed by atoms with E-state index in [9.17, 15) is 23.6 Å². The molecule has 0 aliphatic rings. The van der Waals surface area contributed by atoms with Crippen LogP contribution in [0.2, 0.25) is 0 Å². The summed E-state index contributed by atoms with van der Waals surface area (Å²) in [6.45, 7) is 8.31. The van der Waals surface area contributed by atoms with Crippen LogP contribution in [-0.2, 0) is 16.0 Å². The van der Waals surface area contributed by atoms with Crippen LogP contribution < -0.4 is 29.7 Å². The molecule has 0 aliphatic heterocycles. The smallest absolute Gasteiger partial charge is 0.542 e. The Morgan fingerprint density at radius 2 is 1.58 bits per heavy atom. The molecular weight excluding hydrogens is 590 g/mol. The molecule has 1 aromatic heterocycles. The zero-order chi connectivity index (χ0) is 32.2. The molecule has 0 aliphatic carbocycles. The molecule has 0 bridgehead atoms. The van der Waals surface area contributed by atoms with Gasteiger partial charge in [-0.1, -0.05) is 69.2 Å². The van der Waals surface area contributed by atoms with Crippen molar-refractivity contribution in [1.29, 1.82) is 0 Å². The summed E-state index contributed by atoms with van der Waals surface area (Å²) in [5, 5.41) is 10.6. The van der Waals surface area contributed by atoms with Gasteiger partial charge in [-0.2, -0.15) is 11.5 Å². The Labute approximate surface area is 283 Å². The average Bonchev–Trinajstić information content (AvgIpc) is 3.04. The van der Waals surface area contributed by atoms with Gasteiger partial charge in [-0.3, -0.25) is 20.7 Å². The van der Waals surface area contributed by atoms with Crippen LogP contribution in [0, 0.1) is 19.7 Å². The molecule has 3 aromatic rings. The van der Waals surface area contributed by atoms with Gasteiger partial charge in [-0.15, -0.1) is 24.7 Å². The van der Waals surface area contributed by atoms with E-state index in [0.29, 0.717) is 48.3 Å². The van der Waals surface area contributed by atoms with Crippen LogP contribution in [0.3, 0.4) is 0 Å². The van der Waals surface area contributed by atoms with Crippen LogP contribution in [0.5, 0.6) is 0 Å². The number of rotatable bonds is 18. The molecule has 0 unspecified atom stereocenters. The topological polar surface area (TPSA) is 112 Å². The molecule has 0 spiro atoms. The summed E-state index contributed by atoms with van der Waals surface area (Å²) in [4.78, 5) is 46.9. The fraction of sp³-hybridized carbons (Fsp3) is 0.441. The van der Waals surface area contributed by atoms with Gasteiger partial charge in [0.25, 0.3) is 11.5 Å². The first-order valence-corrected chi connectivity index (χ1v) is 15.7. The largest absolute Gasteiger partial charge is 1.00 e. The number of hydrogen-bond donors (Lipinski definition) is 2. The van der Waals surface area contributed by atoms with Crippen molar-refractivity contribution in [3.8, 4) is 0 Å². The standard InChI is InChI=1S/C20H18FN3O2.C14H25ClNO2.Li/c1-3-24(4-2)20(26)16-11-13(9-10-17(16)21)12-18-14-7-5-6-8-15(14)19(25)23-22-18;15-11-12-16-14(18)10-8-6-4-2-1-3-5-7-9-13-17;/h5-11H,1-4,12H2,(H,23,25);1-12H2,(H,16,18);/q-2;-1;+1. The maximum atomic E-state index is 14.1. The Morgan fingerprint density at radius 1 is 0.956 bits per heavy atom. The van der Waals surface area contributed by atoms with Crippen LogP contribution in [0.4, 0.5) is 4.39 Å². The van der Waals surface area contributed by atoms with Gasteiger partial charge in [0.05, 0.1) is 16.6 Å². The van der Waals surface area contributed by atoms with Crippen molar-refractivity contribution >= 4 is 40.5 Å². The van der Waals surface area contributed by atoms with Crippen LogP contribution >= 0.6 is 11.6 Å². The number of carbonyl (C=O) groups is 2. The number of carbonyl (C=O) groups excluding carboxylic acids is 3. The minimum atomic E-state index is -0.593. The first kappa shape index (κ1) is 40.0. The van der Waals surface area contributed by atoms with Crippen LogP contribution in [0.15, 0.2) is 47.3 Å². The molecule has 1 heterocycles. The molecule has 240 valence electrons. The van der Waals surface area contributed by atoms with Crippen molar-refractivity contribution in [2.75, 3.05) is 25.5 Å². The maximum absolute atomic E-state index is 14.1. The zero-order valence-corrected chi connectivity index (χ0v) is 27.1. The summed E-state index contributed by atoms with van der Waals surface area (Å²) in [6, 6.07) is 11.5. The maximum Gasteiger partial charge on any atom is 1.00 e. The van der Waals surface area contributed by atoms with Crippen molar-refractivity contribution < 1.29 is 37.6 Å². The number of benzene rings is 2. The Morgan fingerprint density at radius 3 is 2.20 bits per heavy atom. The molecule has 45 heavy (non-hydrogen) atoms. The number of fused-ring (bicyclic) bond motifs is 1. The van der Waals surface area contributed by atoms with E-state index in [1.807, 2.05) is 18.4 Å². The molecular formula is C34H43ClFLiN4O4-2. The Kier molecular flexibility index (Phi) is 20.8. The van der Waals surface area contributed by atoms with E-state index in [0.717, 1.165) is 31.1 Å². The van der Waals surface area contributed by atoms with E-state index in [2.05, 4.69) is 29.4 Å². The molecule has 2 N–H and O–H groups in total. The quantitative estimate of drug-likeness (QED) is 0.0969. The van der Waals surface area contributed by atoms with Gasteiger partial charge in [0.2, 0.25) is 5.91 Å². The summed E-state index contributed by atoms with van der Waals surface area (Å²) in [7, 11) is 0. The Balaban J connectivity index is 0.000000473. The van der Waals surface area contributed by atoms with Crippen LogP contribution in [0.1, 0.15) is 85.8 Å². The third-order valence-electron chi connectivity index (χ3n) is 7.08. The van der Waals surface area contributed by atoms with Crippen molar-refractivity contribution in [3.63, 3.8) is 0 Å². The molecule has 8 nitrogen and oxygen atoms in total. The van der Waals surface area contributed by atoms with Crippen molar-refractivity contribution in [2.45, 2.75) is 70.6 Å². The number of nitrogens with zero attached hydrogens (tertiary/aromatic N) is 2. The van der Waals surface area contributed by atoms with Crippen molar-refractivity contribution in [3.05, 3.63) is 89.3 Å². The van der Waals surface area contributed by atoms with Crippen LogP contribution in [0.25, 0.3) is 10.8 Å². The number of unbranched alkanes of at least 4 members (excludes halogenated alkanes) is 8. The normalized spacial score (nSPS) is 10.4. The number of alkyl halides is 1. The second-order valence-electron chi connectivity index (χ2n) is 10.3. The van der Waals surface area contributed by atoms with Crippen molar-refractivity contribution in [2.24, 2.45) is 0 Å². The Bertz CT molecular complexity index is 1380. The summed E-state index contributed by atoms with van der Waals surface area (Å²) in [5.74, 6) is -0.451. The van der Waals surface area contributed by atoms with E-state index in [1.54, 1.807) is 18.2 Å².